The maximum Gasteiger partial charge on any atom is 0.241 e. The van der Waals surface area contributed by atoms with Crippen molar-refractivity contribution in [2.75, 3.05) is 16.6 Å². The van der Waals surface area contributed by atoms with E-state index in [2.05, 4.69) is 20.3 Å². The summed E-state index contributed by atoms with van der Waals surface area (Å²) >= 11 is 3.33. The maximum absolute atomic E-state index is 12.5. The normalized spacial score (nSPS) is 24.6. The number of anilines is 1. The quantitative estimate of drug-likeness (QED) is 0.842. The summed E-state index contributed by atoms with van der Waals surface area (Å²) in [6.45, 7) is 2.15. The molecule has 0 radical (unpaired) electrons. The SMILES string of the molecule is CCS1(=O)=NCCC(=O)N1c1ccc(Br)cc1. The Bertz CT molecular complexity index is 547. The van der Waals surface area contributed by atoms with Crippen LogP contribution in [0.15, 0.2) is 33.1 Å². The fourth-order valence-electron chi connectivity index (χ4n) is 1.71. The van der Waals surface area contributed by atoms with Gasteiger partial charge in [0.25, 0.3) is 0 Å². The Morgan fingerprint density at radius 3 is 2.65 bits per heavy atom. The highest BCUT2D eigenvalue weighted by molar-refractivity contribution is 9.10. The average molecular weight is 317 g/mol. The molecule has 0 fully saturated rings. The second kappa shape index (κ2) is 4.78. The van der Waals surface area contributed by atoms with Crippen molar-refractivity contribution in [2.24, 2.45) is 4.36 Å². The first-order valence-electron chi connectivity index (χ1n) is 5.36. The van der Waals surface area contributed by atoms with Crippen LogP contribution in [0.1, 0.15) is 13.3 Å². The van der Waals surface area contributed by atoms with Crippen LogP contribution in [0.2, 0.25) is 0 Å². The Labute approximate surface area is 109 Å². The Morgan fingerprint density at radius 2 is 2.06 bits per heavy atom. The minimum absolute atomic E-state index is 0.117. The van der Waals surface area contributed by atoms with Gasteiger partial charge in [0.2, 0.25) is 5.91 Å². The zero-order chi connectivity index (χ0) is 12.5. The maximum atomic E-state index is 12.5. The minimum atomic E-state index is -2.59. The summed E-state index contributed by atoms with van der Waals surface area (Å²) in [5, 5.41) is 0. The number of hydrogen-bond acceptors (Lipinski definition) is 3. The molecule has 1 aliphatic rings. The van der Waals surface area contributed by atoms with E-state index in [0.717, 1.165) is 4.47 Å². The molecule has 0 spiro atoms. The Balaban J connectivity index is 2.51. The molecule has 1 unspecified atom stereocenters. The summed E-state index contributed by atoms with van der Waals surface area (Å²) in [6.07, 6.45) is 0.326. The van der Waals surface area contributed by atoms with Gasteiger partial charge in [-0.1, -0.05) is 22.9 Å². The van der Waals surface area contributed by atoms with Gasteiger partial charge in [0.15, 0.2) is 0 Å². The van der Waals surface area contributed by atoms with Gasteiger partial charge in [-0.3, -0.25) is 4.79 Å². The van der Waals surface area contributed by atoms with E-state index in [4.69, 9.17) is 0 Å². The molecule has 17 heavy (non-hydrogen) atoms. The highest BCUT2D eigenvalue weighted by atomic mass is 79.9. The molecule has 6 heteroatoms. The molecule has 1 aliphatic heterocycles. The van der Waals surface area contributed by atoms with Crippen LogP contribution in [0.4, 0.5) is 5.69 Å². The molecule has 1 aromatic rings. The second-order valence-electron chi connectivity index (χ2n) is 3.66. The largest absolute Gasteiger partial charge is 0.273 e. The second-order valence-corrected chi connectivity index (χ2v) is 6.99. The van der Waals surface area contributed by atoms with E-state index in [0.29, 0.717) is 24.4 Å². The first-order chi connectivity index (χ1) is 8.07. The van der Waals surface area contributed by atoms with Crippen LogP contribution in [-0.4, -0.2) is 22.4 Å². The summed E-state index contributed by atoms with van der Waals surface area (Å²) < 4.78 is 18.9. The van der Waals surface area contributed by atoms with E-state index in [-0.39, 0.29) is 5.91 Å². The first-order valence-corrected chi connectivity index (χ1v) is 7.79. The highest BCUT2D eigenvalue weighted by Crippen LogP contribution is 2.25. The van der Waals surface area contributed by atoms with Crippen molar-refractivity contribution in [3.8, 4) is 0 Å². The monoisotopic (exact) mass is 316 g/mol. The Hall–Kier alpha value is -0.880. The van der Waals surface area contributed by atoms with E-state index < -0.39 is 9.92 Å². The number of hydrogen-bond donors (Lipinski definition) is 0. The van der Waals surface area contributed by atoms with E-state index in [1.165, 1.54) is 4.31 Å². The van der Waals surface area contributed by atoms with Gasteiger partial charge in [-0.25, -0.2) is 12.9 Å². The van der Waals surface area contributed by atoms with Crippen molar-refractivity contribution >= 4 is 37.4 Å². The lowest BCUT2D eigenvalue weighted by Crippen LogP contribution is -2.41. The van der Waals surface area contributed by atoms with E-state index in [1.807, 2.05) is 12.1 Å². The minimum Gasteiger partial charge on any atom is -0.273 e. The van der Waals surface area contributed by atoms with Crippen LogP contribution >= 0.6 is 15.9 Å². The summed E-state index contributed by atoms with van der Waals surface area (Å²) in [7, 11) is -2.59. The lowest BCUT2D eigenvalue weighted by molar-refractivity contribution is -0.117. The van der Waals surface area contributed by atoms with Crippen LogP contribution in [0, 0.1) is 0 Å². The van der Waals surface area contributed by atoms with Crippen molar-refractivity contribution in [3.05, 3.63) is 28.7 Å². The van der Waals surface area contributed by atoms with Crippen LogP contribution in [0.5, 0.6) is 0 Å². The molecule has 0 aromatic heterocycles. The lowest BCUT2D eigenvalue weighted by Gasteiger charge is -2.28. The summed E-state index contributed by atoms with van der Waals surface area (Å²) in [5.74, 6) is 0.239. The van der Waals surface area contributed by atoms with E-state index in [9.17, 15) is 9.00 Å². The van der Waals surface area contributed by atoms with Crippen molar-refractivity contribution in [2.45, 2.75) is 13.3 Å². The molecule has 1 aromatic carbocycles. The molecule has 1 amide bonds. The molecule has 0 bridgehead atoms. The Kier molecular flexibility index (Phi) is 3.53. The van der Waals surface area contributed by atoms with Crippen molar-refractivity contribution < 1.29 is 9.00 Å². The van der Waals surface area contributed by atoms with Crippen molar-refractivity contribution in [3.63, 3.8) is 0 Å². The van der Waals surface area contributed by atoms with Gasteiger partial charge in [-0.15, -0.1) is 0 Å². The average Bonchev–Trinajstić information content (AvgIpc) is 2.31. The molecule has 0 N–H and O–H groups in total. The predicted molar refractivity (Wildman–Crippen MR) is 72.2 cm³/mol. The van der Waals surface area contributed by atoms with Crippen LogP contribution in [-0.2, 0) is 14.7 Å². The third-order valence-corrected chi connectivity index (χ3v) is 5.42. The molecule has 92 valence electrons. The number of rotatable bonds is 2. The molecule has 0 aliphatic carbocycles. The van der Waals surface area contributed by atoms with Gasteiger partial charge in [0, 0.05) is 16.6 Å². The number of carbonyl (C=O) groups is 1. The van der Waals surface area contributed by atoms with E-state index in [1.54, 1.807) is 19.1 Å². The number of carbonyl (C=O) groups excluding carboxylic acids is 1. The number of halogens is 1. The lowest BCUT2D eigenvalue weighted by atomic mass is 10.3. The molecule has 4 nitrogen and oxygen atoms in total. The highest BCUT2D eigenvalue weighted by Gasteiger charge is 2.28. The molecule has 2 rings (SSSR count). The molecule has 0 saturated carbocycles. The fraction of sp³-hybridized carbons (Fsp3) is 0.364. The first kappa shape index (κ1) is 12.6. The van der Waals surface area contributed by atoms with Crippen LogP contribution in [0.25, 0.3) is 0 Å². The topological polar surface area (TPSA) is 49.7 Å². The van der Waals surface area contributed by atoms with Crippen molar-refractivity contribution in [1.82, 2.24) is 0 Å². The van der Waals surface area contributed by atoms with Gasteiger partial charge < -0.3 is 0 Å². The molecule has 1 atom stereocenters. The predicted octanol–water partition coefficient (Wildman–Crippen LogP) is 2.59. The molecular formula is C11H13BrN2O2S. The third kappa shape index (κ3) is 2.37. The summed E-state index contributed by atoms with van der Waals surface area (Å²) in [4.78, 5) is 11.9. The van der Waals surface area contributed by atoms with E-state index >= 15 is 0 Å². The summed E-state index contributed by atoms with van der Waals surface area (Å²) in [6, 6.07) is 7.20. The van der Waals surface area contributed by atoms with Gasteiger partial charge in [-0.2, -0.15) is 0 Å². The standard InChI is InChI=1S/C11H13BrN2O2S/c1-2-17(16)13-8-7-11(15)14(17)10-5-3-9(12)4-6-10/h3-6H,2,7-8H2,1H3. The molecule has 0 saturated heterocycles. The smallest absolute Gasteiger partial charge is 0.241 e. The Morgan fingerprint density at radius 1 is 1.41 bits per heavy atom. The number of nitrogens with zero attached hydrogens (tertiary/aromatic N) is 2. The van der Waals surface area contributed by atoms with Gasteiger partial charge >= 0.3 is 0 Å². The van der Waals surface area contributed by atoms with Crippen molar-refractivity contribution in [1.29, 1.82) is 0 Å². The summed E-state index contributed by atoms with van der Waals surface area (Å²) in [5.41, 5.74) is 0.647. The van der Waals surface area contributed by atoms with Gasteiger partial charge in [-0.05, 0) is 24.3 Å². The number of amides is 1. The van der Waals surface area contributed by atoms with Gasteiger partial charge in [0.05, 0.1) is 12.2 Å². The molecular weight excluding hydrogens is 304 g/mol. The van der Waals surface area contributed by atoms with Crippen LogP contribution in [0.3, 0.4) is 0 Å². The zero-order valence-corrected chi connectivity index (χ0v) is 11.8. The zero-order valence-electron chi connectivity index (χ0n) is 9.43. The molecule has 1 heterocycles. The third-order valence-electron chi connectivity index (χ3n) is 2.57. The van der Waals surface area contributed by atoms with Gasteiger partial charge in [0.1, 0.15) is 9.92 Å². The van der Waals surface area contributed by atoms with Crippen LogP contribution < -0.4 is 4.31 Å². The number of benzene rings is 1. The fourth-order valence-corrected chi connectivity index (χ4v) is 3.77.